The molecule has 0 radical (unpaired) electrons. The molecule has 29 heavy (non-hydrogen) atoms. The highest BCUT2D eigenvalue weighted by Crippen LogP contribution is 2.33. The minimum atomic E-state index is 0.0118. The van der Waals surface area contributed by atoms with Crippen molar-refractivity contribution in [3.05, 3.63) is 47.3 Å². The van der Waals surface area contributed by atoms with Crippen LogP contribution < -0.4 is 5.32 Å². The average Bonchev–Trinajstić information content (AvgIpc) is 2.73. The number of hydrogen-bond acceptors (Lipinski definition) is 5. The zero-order valence-electron chi connectivity index (χ0n) is 18.3. The Morgan fingerprint density at radius 1 is 1.00 bits per heavy atom. The molecule has 0 atom stereocenters. The fraction of sp³-hybridized carbons (Fsp3) is 0.522. The number of anilines is 2. The SMILES string of the molecule is CCN1CCN(C(=O)c2cnc(Nc3c(C(C)C)cccc3C(C)C)nc2)CC1. The first-order chi connectivity index (χ1) is 13.9. The van der Waals surface area contributed by atoms with Gasteiger partial charge < -0.3 is 15.1 Å². The number of amides is 1. The molecule has 1 fully saturated rings. The van der Waals surface area contributed by atoms with Crippen molar-refractivity contribution < 1.29 is 4.79 Å². The van der Waals surface area contributed by atoms with Crippen LogP contribution in [0.15, 0.2) is 30.6 Å². The normalized spacial score (nSPS) is 15.2. The smallest absolute Gasteiger partial charge is 0.257 e. The maximum absolute atomic E-state index is 12.8. The van der Waals surface area contributed by atoms with Crippen molar-refractivity contribution in [2.24, 2.45) is 0 Å². The van der Waals surface area contributed by atoms with Crippen LogP contribution in [0, 0.1) is 0 Å². The van der Waals surface area contributed by atoms with Gasteiger partial charge in [-0.3, -0.25) is 4.79 Å². The van der Waals surface area contributed by atoms with Crippen molar-refractivity contribution >= 4 is 17.5 Å². The molecule has 1 aliphatic heterocycles. The molecule has 0 spiro atoms. The number of para-hydroxylation sites is 1. The fourth-order valence-electron chi connectivity index (χ4n) is 3.76. The second-order valence-electron chi connectivity index (χ2n) is 8.27. The summed E-state index contributed by atoms with van der Waals surface area (Å²) in [5, 5.41) is 3.41. The maximum Gasteiger partial charge on any atom is 0.257 e. The Balaban J connectivity index is 1.76. The summed E-state index contributed by atoms with van der Waals surface area (Å²) in [5.74, 6) is 1.31. The number of benzene rings is 1. The van der Waals surface area contributed by atoms with Gasteiger partial charge >= 0.3 is 0 Å². The highest BCUT2D eigenvalue weighted by molar-refractivity contribution is 5.93. The molecule has 2 aromatic rings. The van der Waals surface area contributed by atoms with Crippen molar-refractivity contribution in [1.82, 2.24) is 19.8 Å². The molecule has 6 nitrogen and oxygen atoms in total. The topological polar surface area (TPSA) is 61.4 Å². The Morgan fingerprint density at radius 3 is 2.03 bits per heavy atom. The first-order valence-corrected chi connectivity index (χ1v) is 10.6. The van der Waals surface area contributed by atoms with Crippen LogP contribution in [0.4, 0.5) is 11.6 Å². The maximum atomic E-state index is 12.8. The number of piperazine rings is 1. The second kappa shape index (κ2) is 9.35. The molecule has 1 amide bonds. The Morgan fingerprint density at radius 2 is 1.55 bits per heavy atom. The summed E-state index contributed by atoms with van der Waals surface area (Å²) in [6.45, 7) is 15.3. The van der Waals surface area contributed by atoms with Crippen LogP contribution in [-0.2, 0) is 0 Å². The molecular weight excluding hydrogens is 362 g/mol. The van der Waals surface area contributed by atoms with Gasteiger partial charge in [-0.05, 0) is 29.5 Å². The number of carbonyl (C=O) groups excluding carboxylic acids is 1. The third-order valence-corrected chi connectivity index (χ3v) is 5.62. The van der Waals surface area contributed by atoms with E-state index in [0.29, 0.717) is 23.3 Å². The highest BCUT2D eigenvalue weighted by Gasteiger charge is 2.22. The fourth-order valence-corrected chi connectivity index (χ4v) is 3.76. The van der Waals surface area contributed by atoms with E-state index in [4.69, 9.17) is 0 Å². The van der Waals surface area contributed by atoms with Crippen molar-refractivity contribution in [2.45, 2.75) is 46.5 Å². The molecule has 0 unspecified atom stereocenters. The van der Waals surface area contributed by atoms with Crippen molar-refractivity contribution in [1.29, 1.82) is 0 Å². The van der Waals surface area contributed by atoms with Crippen LogP contribution >= 0.6 is 0 Å². The summed E-state index contributed by atoms with van der Waals surface area (Å²) in [4.78, 5) is 25.9. The number of hydrogen-bond donors (Lipinski definition) is 1. The largest absolute Gasteiger partial charge is 0.336 e. The van der Waals surface area contributed by atoms with Gasteiger partial charge in [0.1, 0.15) is 0 Å². The molecule has 3 rings (SSSR count). The highest BCUT2D eigenvalue weighted by atomic mass is 16.2. The third-order valence-electron chi connectivity index (χ3n) is 5.62. The first kappa shape index (κ1) is 21.2. The summed E-state index contributed by atoms with van der Waals surface area (Å²) in [5.41, 5.74) is 4.11. The van der Waals surface area contributed by atoms with E-state index in [2.05, 4.69) is 73.0 Å². The molecule has 1 aliphatic rings. The summed E-state index contributed by atoms with van der Waals surface area (Å²) in [6, 6.07) is 6.40. The van der Waals surface area contributed by atoms with Gasteiger partial charge in [-0.2, -0.15) is 0 Å². The van der Waals surface area contributed by atoms with Gasteiger partial charge in [0.15, 0.2) is 0 Å². The number of nitrogens with zero attached hydrogens (tertiary/aromatic N) is 4. The van der Waals surface area contributed by atoms with Gasteiger partial charge in [-0.1, -0.05) is 52.8 Å². The molecule has 0 saturated carbocycles. The molecular formula is C23H33N5O. The zero-order valence-corrected chi connectivity index (χ0v) is 18.3. The zero-order chi connectivity index (χ0) is 21.0. The Bertz CT molecular complexity index is 797. The molecule has 0 bridgehead atoms. The van der Waals surface area contributed by atoms with Crippen LogP contribution in [0.3, 0.4) is 0 Å². The summed E-state index contributed by atoms with van der Waals surface area (Å²) in [6.07, 6.45) is 3.27. The number of carbonyl (C=O) groups is 1. The van der Waals surface area contributed by atoms with Crippen LogP contribution in [0.5, 0.6) is 0 Å². The van der Waals surface area contributed by atoms with Crippen LogP contribution in [0.25, 0.3) is 0 Å². The molecule has 1 aromatic heterocycles. The lowest BCUT2D eigenvalue weighted by Gasteiger charge is -2.33. The summed E-state index contributed by atoms with van der Waals surface area (Å²) >= 11 is 0. The molecule has 156 valence electrons. The Hall–Kier alpha value is -2.47. The van der Waals surface area contributed by atoms with Crippen molar-refractivity contribution in [2.75, 3.05) is 38.0 Å². The van der Waals surface area contributed by atoms with Gasteiger partial charge in [0.05, 0.1) is 5.56 Å². The number of nitrogens with one attached hydrogen (secondary N) is 1. The predicted molar refractivity (Wildman–Crippen MR) is 118 cm³/mol. The Kier molecular flexibility index (Phi) is 6.85. The number of aromatic nitrogens is 2. The van der Waals surface area contributed by atoms with E-state index in [1.807, 2.05) is 4.90 Å². The van der Waals surface area contributed by atoms with E-state index in [1.165, 1.54) is 11.1 Å². The standard InChI is InChI=1S/C23H33N5O/c1-6-27-10-12-28(13-11-27)22(29)18-14-24-23(25-15-18)26-21-19(16(2)3)8-7-9-20(21)17(4)5/h7-9,14-17H,6,10-13H2,1-5H3,(H,24,25,26). The lowest BCUT2D eigenvalue weighted by molar-refractivity contribution is 0.0642. The summed E-state index contributed by atoms with van der Waals surface area (Å²) in [7, 11) is 0. The van der Waals surface area contributed by atoms with E-state index in [0.717, 1.165) is 38.4 Å². The lowest BCUT2D eigenvalue weighted by Crippen LogP contribution is -2.48. The van der Waals surface area contributed by atoms with Crippen LogP contribution in [0.1, 0.15) is 67.9 Å². The van der Waals surface area contributed by atoms with Gasteiger partial charge in [-0.15, -0.1) is 0 Å². The van der Waals surface area contributed by atoms with E-state index >= 15 is 0 Å². The second-order valence-corrected chi connectivity index (χ2v) is 8.27. The molecule has 6 heteroatoms. The van der Waals surface area contributed by atoms with E-state index in [1.54, 1.807) is 12.4 Å². The van der Waals surface area contributed by atoms with Gasteiger partial charge in [-0.25, -0.2) is 9.97 Å². The van der Waals surface area contributed by atoms with Crippen LogP contribution in [0.2, 0.25) is 0 Å². The molecule has 1 aromatic carbocycles. The van der Waals surface area contributed by atoms with Gasteiger partial charge in [0, 0.05) is 44.3 Å². The van der Waals surface area contributed by atoms with Crippen molar-refractivity contribution in [3.8, 4) is 0 Å². The molecule has 1 N–H and O–H groups in total. The van der Waals surface area contributed by atoms with Crippen LogP contribution in [-0.4, -0.2) is 58.4 Å². The minimum absolute atomic E-state index is 0.0118. The average molecular weight is 396 g/mol. The number of rotatable bonds is 6. The predicted octanol–water partition coefficient (Wildman–Crippen LogP) is 4.24. The third kappa shape index (κ3) is 4.93. The lowest BCUT2D eigenvalue weighted by atomic mass is 9.93. The van der Waals surface area contributed by atoms with Gasteiger partial charge in [0.25, 0.3) is 5.91 Å². The Labute approximate surface area is 174 Å². The number of likely N-dealkylation sites (N-methyl/N-ethyl adjacent to an activating group) is 1. The van der Waals surface area contributed by atoms with Crippen molar-refractivity contribution in [3.63, 3.8) is 0 Å². The van der Waals surface area contributed by atoms with E-state index < -0.39 is 0 Å². The molecule has 0 aliphatic carbocycles. The first-order valence-electron chi connectivity index (χ1n) is 10.6. The monoisotopic (exact) mass is 395 g/mol. The minimum Gasteiger partial charge on any atom is -0.336 e. The molecule has 2 heterocycles. The quantitative estimate of drug-likeness (QED) is 0.792. The molecule has 1 saturated heterocycles. The van der Waals surface area contributed by atoms with Gasteiger partial charge in [0.2, 0.25) is 5.95 Å². The van der Waals surface area contributed by atoms with E-state index in [9.17, 15) is 4.79 Å². The summed E-state index contributed by atoms with van der Waals surface area (Å²) < 4.78 is 0. The van der Waals surface area contributed by atoms with E-state index in [-0.39, 0.29) is 5.91 Å².